The number of aromatic hydroxyl groups is 2. The summed E-state index contributed by atoms with van der Waals surface area (Å²) in [6.07, 6.45) is 0.432. The van der Waals surface area contributed by atoms with Gasteiger partial charge < -0.3 is 35.2 Å². The molecule has 51 heavy (non-hydrogen) atoms. The zero-order valence-electron chi connectivity index (χ0n) is 31.0. The molecule has 276 valence electrons. The Bertz CT molecular complexity index is 1630. The number of phenolic OH excluding ortho intramolecular Hbond substituents is 2. The monoisotopic (exact) mass is 703 g/mol. The Morgan fingerprint density at radius 3 is 1.92 bits per heavy atom. The van der Waals surface area contributed by atoms with Crippen LogP contribution in [0, 0.1) is 6.92 Å². The Labute approximate surface area is 301 Å². The van der Waals surface area contributed by atoms with E-state index >= 15 is 0 Å². The van der Waals surface area contributed by atoms with Gasteiger partial charge in [0.25, 0.3) is 0 Å². The second-order valence-corrected chi connectivity index (χ2v) is 14.7. The number of benzene rings is 3. The van der Waals surface area contributed by atoms with Crippen LogP contribution >= 0.6 is 0 Å². The van der Waals surface area contributed by atoms with Gasteiger partial charge in [-0.3, -0.25) is 9.59 Å². The molecule has 0 radical (unpaired) electrons. The van der Waals surface area contributed by atoms with E-state index in [1.165, 1.54) is 17.0 Å². The van der Waals surface area contributed by atoms with E-state index < -0.39 is 53.2 Å². The number of carbonyl (C=O) groups is 4. The van der Waals surface area contributed by atoms with Gasteiger partial charge in [0.05, 0.1) is 0 Å². The minimum atomic E-state index is -1.41. The summed E-state index contributed by atoms with van der Waals surface area (Å²) in [6, 6.07) is 16.6. The molecule has 3 aromatic rings. The molecule has 11 nitrogen and oxygen atoms in total. The summed E-state index contributed by atoms with van der Waals surface area (Å²) in [5, 5.41) is 26.8. The van der Waals surface area contributed by atoms with Gasteiger partial charge in [0.2, 0.25) is 11.8 Å². The molecule has 0 bridgehead atoms. The molecular formula is C40H53N3O8. The third-order valence-electron chi connectivity index (χ3n) is 7.81. The predicted octanol–water partition coefficient (Wildman–Crippen LogP) is 6.28. The number of nitrogens with one attached hydrogen (secondary N) is 2. The van der Waals surface area contributed by atoms with Crippen LogP contribution in [0.15, 0.2) is 72.8 Å². The lowest BCUT2D eigenvalue weighted by molar-refractivity contribution is -0.159. The maximum absolute atomic E-state index is 14.8. The maximum Gasteiger partial charge on any atom is 0.408 e. The number of unbranched alkanes of at least 4 members (excludes halogenated alkanes) is 1. The molecule has 3 amide bonds. The van der Waals surface area contributed by atoms with Gasteiger partial charge in [0, 0.05) is 24.9 Å². The van der Waals surface area contributed by atoms with Gasteiger partial charge in [-0.25, -0.2) is 9.59 Å². The number of hydrogen-bond donors (Lipinski definition) is 4. The third-order valence-corrected chi connectivity index (χ3v) is 7.81. The number of phenols is 2. The molecule has 3 atom stereocenters. The molecule has 0 fully saturated rings. The lowest BCUT2D eigenvalue weighted by atomic mass is 9.97. The maximum atomic E-state index is 14.8. The SMILES string of the molecule is CCCCN(C(=O)C(Cc1ccc(O)cc1)NC(=O)OC(C)(C)C)C(C(=O)NC(Cc1ccccc1)C(=O)OC(C)(C)C)c1cccc(C)c1O. The van der Waals surface area contributed by atoms with Crippen LogP contribution in [0.2, 0.25) is 0 Å². The van der Waals surface area contributed by atoms with Crippen molar-refractivity contribution in [3.8, 4) is 11.5 Å². The standard InChI is InChI=1S/C40H53N3O8/c1-9-10-23-43(36(47)31(42-38(49)51-40(6,7)8)24-28-19-21-29(44)22-20-28)33(30-18-14-15-26(2)34(30)45)35(46)41-32(37(48)50-39(3,4)5)25-27-16-12-11-13-17-27/h11-22,31-33,44-45H,9-10,23-25H2,1-8H3,(H,41,46)(H,42,49). The summed E-state index contributed by atoms with van der Waals surface area (Å²) in [7, 11) is 0. The fourth-order valence-electron chi connectivity index (χ4n) is 5.43. The zero-order valence-corrected chi connectivity index (χ0v) is 31.0. The van der Waals surface area contributed by atoms with E-state index in [9.17, 15) is 29.4 Å². The van der Waals surface area contributed by atoms with E-state index in [4.69, 9.17) is 9.47 Å². The normalized spacial score (nSPS) is 13.3. The molecule has 4 N–H and O–H groups in total. The van der Waals surface area contributed by atoms with Crippen LogP contribution < -0.4 is 10.6 Å². The third kappa shape index (κ3) is 12.6. The largest absolute Gasteiger partial charge is 0.508 e. The van der Waals surface area contributed by atoms with Crippen molar-refractivity contribution in [3.63, 3.8) is 0 Å². The number of nitrogens with zero attached hydrogens (tertiary/aromatic N) is 1. The minimum Gasteiger partial charge on any atom is -0.508 e. The lowest BCUT2D eigenvalue weighted by Gasteiger charge is -2.36. The quantitative estimate of drug-likeness (QED) is 0.143. The van der Waals surface area contributed by atoms with Crippen molar-refractivity contribution in [2.75, 3.05) is 6.54 Å². The van der Waals surface area contributed by atoms with Gasteiger partial charge in [-0.05, 0) is 83.7 Å². The van der Waals surface area contributed by atoms with Crippen molar-refractivity contribution < 1.29 is 38.9 Å². The van der Waals surface area contributed by atoms with Crippen molar-refractivity contribution in [2.45, 2.75) is 110 Å². The molecule has 3 unspecified atom stereocenters. The van der Waals surface area contributed by atoms with Gasteiger partial charge in [-0.1, -0.05) is 74.0 Å². The van der Waals surface area contributed by atoms with Crippen LogP contribution in [-0.4, -0.2) is 68.8 Å². The summed E-state index contributed by atoms with van der Waals surface area (Å²) in [5.41, 5.74) is 0.337. The number of amides is 3. The molecule has 0 saturated heterocycles. The minimum absolute atomic E-state index is 0.00363. The van der Waals surface area contributed by atoms with Gasteiger partial charge in [0.1, 0.15) is 40.8 Å². The van der Waals surface area contributed by atoms with E-state index in [0.29, 0.717) is 24.0 Å². The first-order valence-electron chi connectivity index (χ1n) is 17.3. The molecule has 0 aliphatic carbocycles. The first-order valence-corrected chi connectivity index (χ1v) is 17.3. The van der Waals surface area contributed by atoms with Crippen molar-refractivity contribution >= 4 is 23.9 Å². The second-order valence-electron chi connectivity index (χ2n) is 14.7. The number of carbonyl (C=O) groups excluding carboxylic acids is 4. The van der Waals surface area contributed by atoms with Crippen LogP contribution in [0.1, 0.15) is 89.6 Å². The van der Waals surface area contributed by atoms with Crippen LogP contribution in [0.5, 0.6) is 11.5 Å². The van der Waals surface area contributed by atoms with Crippen molar-refractivity contribution in [1.82, 2.24) is 15.5 Å². The Morgan fingerprint density at radius 2 is 1.33 bits per heavy atom. The average molecular weight is 704 g/mol. The number of esters is 1. The Balaban J connectivity index is 2.15. The van der Waals surface area contributed by atoms with Gasteiger partial charge in [-0.2, -0.15) is 0 Å². The highest BCUT2D eigenvalue weighted by atomic mass is 16.6. The smallest absolute Gasteiger partial charge is 0.408 e. The molecule has 0 saturated carbocycles. The van der Waals surface area contributed by atoms with Crippen molar-refractivity contribution in [1.29, 1.82) is 0 Å². The highest BCUT2D eigenvalue weighted by Gasteiger charge is 2.39. The summed E-state index contributed by atoms with van der Waals surface area (Å²) in [6.45, 7) is 14.0. The van der Waals surface area contributed by atoms with Gasteiger partial charge in [-0.15, -0.1) is 0 Å². The molecule has 3 aromatic carbocycles. The van der Waals surface area contributed by atoms with E-state index in [1.807, 2.05) is 37.3 Å². The van der Waals surface area contributed by atoms with Crippen LogP contribution in [-0.2, 0) is 36.7 Å². The summed E-state index contributed by atoms with van der Waals surface area (Å²) < 4.78 is 11.2. The summed E-state index contributed by atoms with van der Waals surface area (Å²) >= 11 is 0. The highest BCUT2D eigenvalue weighted by Crippen LogP contribution is 2.33. The number of aryl methyl sites for hydroxylation is 1. The van der Waals surface area contributed by atoms with Gasteiger partial charge >= 0.3 is 12.1 Å². The van der Waals surface area contributed by atoms with E-state index in [0.717, 1.165) is 5.56 Å². The molecule has 0 aliphatic rings. The lowest BCUT2D eigenvalue weighted by Crippen LogP contribution is -2.55. The highest BCUT2D eigenvalue weighted by molar-refractivity contribution is 5.94. The van der Waals surface area contributed by atoms with Crippen LogP contribution in [0.4, 0.5) is 4.79 Å². The van der Waals surface area contributed by atoms with Crippen molar-refractivity contribution in [3.05, 3.63) is 95.1 Å². The molecule has 0 aromatic heterocycles. The fourth-order valence-corrected chi connectivity index (χ4v) is 5.43. The number of hydrogen-bond acceptors (Lipinski definition) is 8. The first-order chi connectivity index (χ1) is 23.9. The van der Waals surface area contributed by atoms with E-state index in [2.05, 4.69) is 10.6 Å². The first kappa shape index (κ1) is 40.4. The van der Waals surface area contributed by atoms with Crippen LogP contribution in [0.25, 0.3) is 0 Å². The predicted molar refractivity (Wildman–Crippen MR) is 195 cm³/mol. The molecule has 3 rings (SSSR count). The summed E-state index contributed by atoms with van der Waals surface area (Å²) in [4.78, 5) is 57.5. The topological polar surface area (TPSA) is 154 Å². The average Bonchev–Trinajstić information content (AvgIpc) is 3.03. The van der Waals surface area contributed by atoms with Crippen LogP contribution in [0.3, 0.4) is 0 Å². The Kier molecular flexibility index (Phi) is 14.0. The Hall–Kier alpha value is -5.06. The second kappa shape index (κ2) is 17.7. The van der Waals surface area contributed by atoms with E-state index in [1.54, 1.807) is 78.8 Å². The Morgan fingerprint density at radius 1 is 0.745 bits per heavy atom. The van der Waals surface area contributed by atoms with Crippen molar-refractivity contribution in [2.24, 2.45) is 0 Å². The zero-order chi connectivity index (χ0) is 37.9. The molecule has 0 spiro atoms. The summed E-state index contributed by atoms with van der Waals surface area (Å²) in [5.74, 6) is -2.13. The fraction of sp³-hybridized carbons (Fsp3) is 0.450. The van der Waals surface area contributed by atoms with Gasteiger partial charge in [0.15, 0.2) is 0 Å². The number of rotatable bonds is 14. The number of ether oxygens (including phenoxy) is 2. The number of alkyl carbamates (subject to hydrolysis) is 1. The molecular weight excluding hydrogens is 650 g/mol. The number of para-hydroxylation sites is 1. The molecule has 0 aliphatic heterocycles. The molecule has 11 heteroatoms. The van der Waals surface area contributed by atoms with E-state index in [-0.39, 0.29) is 36.4 Å². The molecule has 0 heterocycles.